The summed E-state index contributed by atoms with van der Waals surface area (Å²) in [6.07, 6.45) is 0.857. The van der Waals surface area contributed by atoms with Gasteiger partial charge in [-0.15, -0.1) is 23.7 Å². The number of nitrogens with two attached hydrogens (primary N) is 1. The maximum absolute atomic E-state index is 12.3. The lowest BCUT2D eigenvalue weighted by Crippen LogP contribution is -2.39. The van der Waals surface area contributed by atoms with E-state index in [2.05, 4.69) is 16.8 Å². The molecule has 1 aromatic heterocycles. The fourth-order valence-electron chi connectivity index (χ4n) is 2.20. The summed E-state index contributed by atoms with van der Waals surface area (Å²) in [5, 5.41) is 5.11. The third kappa shape index (κ3) is 5.16. The summed E-state index contributed by atoms with van der Waals surface area (Å²) in [6, 6.07) is 13.9. The molecule has 0 spiro atoms. The van der Waals surface area contributed by atoms with E-state index in [1.807, 2.05) is 43.3 Å². The van der Waals surface area contributed by atoms with E-state index in [1.165, 1.54) is 4.88 Å². The molecule has 5 heteroatoms. The minimum absolute atomic E-state index is 0. The first-order chi connectivity index (χ1) is 9.70. The van der Waals surface area contributed by atoms with Crippen LogP contribution in [0.25, 0.3) is 0 Å². The van der Waals surface area contributed by atoms with Crippen LogP contribution in [0.15, 0.2) is 47.8 Å². The van der Waals surface area contributed by atoms with Crippen molar-refractivity contribution in [3.05, 3.63) is 58.3 Å². The van der Waals surface area contributed by atoms with Gasteiger partial charge >= 0.3 is 0 Å². The molecule has 0 radical (unpaired) electrons. The molecular formula is C16H21ClN2OS. The second kappa shape index (κ2) is 8.82. The molecule has 2 rings (SSSR count). The van der Waals surface area contributed by atoms with Gasteiger partial charge in [-0.1, -0.05) is 36.4 Å². The van der Waals surface area contributed by atoms with E-state index < -0.39 is 0 Å². The van der Waals surface area contributed by atoms with Gasteiger partial charge in [-0.2, -0.15) is 0 Å². The lowest BCUT2D eigenvalue weighted by atomic mass is 9.98. The molecule has 0 aliphatic carbocycles. The van der Waals surface area contributed by atoms with Gasteiger partial charge in [-0.25, -0.2) is 0 Å². The van der Waals surface area contributed by atoms with Gasteiger partial charge in [-0.3, -0.25) is 4.79 Å². The second-order valence-electron chi connectivity index (χ2n) is 4.89. The summed E-state index contributed by atoms with van der Waals surface area (Å²) in [5.74, 6) is -0.273. The van der Waals surface area contributed by atoms with Crippen LogP contribution in [0.5, 0.6) is 0 Å². The maximum Gasteiger partial charge on any atom is 0.229 e. The molecule has 3 nitrogen and oxygen atoms in total. The summed E-state index contributed by atoms with van der Waals surface area (Å²) < 4.78 is 0. The van der Waals surface area contributed by atoms with Gasteiger partial charge in [0.1, 0.15) is 0 Å². The van der Waals surface area contributed by atoms with Crippen molar-refractivity contribution in [2.45, 2.75) is 25.3 Å². The van der Waals surface area contributed by atoms with Crippen LogP contribution in [0.2, 0.25) is 0 Å². The number of carbonyl (C=O) groups excluding carboxylic acids is 1. The highest BCUT2D eigenvalue weighted by Gasteiger charge is 2.20. The van der Waals surface area contributed by atoms with Crippen LogP contribution < -0.4 is 11.1 Å². The van der Waals surface area contributed by atoms with Crippen molar-refractivity contribution < 1.29 is 4.79 Å². The highest BCUT2D eigenvalue weighted by molar-refractivity contribution is 7.09. The van der Waals surface area contributed by atoms with Crippen molar-refractivity contribution in [2.24, 2.45) is 5.73 Å². The highest BCUT2D eigenvalue weighted by Crippen LogP contribution is 2.15. The average molecular weight is 325 g/mol. The summed E-state index contributed by atoms with van der Waals surface area (Å²) in [6.45, 7) is 2.34. The Hall–Kier alpha value is -1.36. The zero-order chi connectivity index (χ0) is 14.4. The Morgan fingerprint density at radius 3 is 2.52 bits per heavy atom. The van der Waals surface area contributed by atoms with E-state index in [1.54, 1.807) is 11.3 Å². The van der Waals surface area contributed by atoms with E-state index in [9.17, 15) is 4.79 Å². The largest absolute Gasteiger partial charge is 0.353 e. The van der Waals surface area contributed by atoms with Crippen LogP contribution in [-0.4, -0.2) is 18.5 Å². The Balaban J connectivity index is 0.00000220. The van der Waals surface area contributed by atoms with Crippen LogP contribution in [0.1, 0.15) is 23.3 Å². The van der Waals surface area contributed by atoms with Crippen LogP contribution in [-0.2, 0) is 11.2 Å². The molecule has 21 heavy (non-hydrogen) atoms. The first-order valence-electron chi connectivity index (χ1n) is 6.78. The number of nitrogens with one attached hydrogen (secondary N) is 1. The predicted octanol–water partition coefficient (Wildman–Crippen LogP) is 2.96. The molecule has 3 N–H and O–H groups in total. The normalized spacial score (nSPS) is 13.0. The van der Waals surface area contributed by atoms with Gasteiger partial charge in [0, 0.05) is 23.9 Å². The Morgan fingerprint density at radius 1 is 1.24 bits per heavy atom. The van der Waals surface area contributed by atoms with Crippen LogP contribution in [0.4, 0.5) is 0 Å². The highest BCUT2D eigenvalue weighted by atomic mass is 35.5. The quantitative estimate of drug-likeness (QED) is 0.858. The number of carbonyl (C=O) groups is 1. The molecule has 0 aliphatic heterocycles. The number of rotatable bonds is 6. The second-order valence-corrected chi connectivity index (χ2v) is 5.92. The van der Waals surface area contributed by atoms with Crippen molar-refractivity contribution in [2.75, 3.05) is 6.54 Å². The minimum atomic E-state index is -0.276. The number of hydrogen-bond donors (Lipinski definition) is 2. The molecule has 1 aromatic carbocycles. The predicted molar refractivity (Wildman–Crippen MR) is 91.1 cm³/mol. The number of hydrogen-bond acceptors (Lipinski definition) is 3. The zero-order valence-electron chi connectivity index (χ0n) is 12.0. The number of benzene rings is 1. The van der Waals surface area contributed by atoms with Crippen molar-refractivity contribution in [1.82, 2.24) is 5.32 Å². The Morgan fingerprint density at radius 2 is 1.95 bits per heavy atom. The molecule has 114 valence electrons. The topological polar surface area (TPSA) is 55.1 Å². The molecule has 0 saturated carbocycles. The van der Waals surface area contributed by atoms with Crippen LogP contribution >= 0.6 is 23.7 Å². The Labute approximate surface area is 136 Å². The summed E-state index contributed by atoms with van der Waals surface area (Å²) in [5.41, 5.74) is 6.73. The molecule has 1 amide bonds. The SMILES string of the molecule is CC(Cc1cccs1)NC(=O)C(CN)c1ccccc1.Cl. The Kier molecular flexibility index (Phi) is 7.43. The number of halogens is 1. The lowest BCUT2D eigenvalue weighted by Gasteiger charge is -2.19. The van der Waals surface area contributed by atoms with Gasteiger partial charge in [0.05, 0.1) is 5.92 Å². The minimum Gasteiger partial charge on any atom is -0.353 e. The first kappa shape index (κ1) is 17.7. The van der Waals surface area contributed by atoms with Gasteiger partial charge in [0.2, 0.25) is 5.91 Å². The number of amides is 1. The van der Waals surface area contributed by atoms with Crippen molar-refractivity contribution in [3.63, 3.8) is 0 Å². The molecule has 2 atom stereocenters. The molecule has 0 aliphatic rings. The van der Waals surface area contributed by atoms with Gasteiger partial charge < -0.3 is 11.1 Å². The molecule has 0 bridgehead atoms. The van der Waals surface area contributed by atoms with Crippen LogP contribution in [0.3, 0.4) is 0 Å². The fraction of sp³-hybridized carbons (Fsp3) is 0.312. The molecule has 1 heterocycles. The van der Waals surface area contributed by atoms with E-state index in [0.717, 1.165) is 12.0 Å². The summed E-state index contributed by atoms with van der Waals surface area (Å²) in [4.78, 5) is 13.6. The maximum atomic E-state index is 12.3. The number of thiophene rings is 1. The molecular weight excluding hydrogens is 304 g/mol. The Bertz CT molecular complexity index is 530. The van der Waals surface area contributed by atoms with E-state index in [0.29, 0.717) is 6.54 Å². The van der Waals surface area contributed by atoms with E-state index in [4.69, 9.17) is 5.73 Å². The lowest BCUT2D eigenvalue weighted by molar-refractivity contribution is -0.122. The van der Waals surface area contributed by atoms with E-state index >= 15 is 0 Å². The van der Waals surface area contributed by atoms with Crippen molar-refractivity contribution >= 4 is 29.7 Å². The van der Waals surface area contributed by atoms with Gasteiger partial charge in [0.25, 0.3) is 0 Å². The third-order valence-electron chi connectivity index (χ3n) is 3.23. The van der Waals surface area contributed by atoms with Gasteiger partial charge in [0.15, 0.2) is 0 Å². The monoisotopic (exact) mass is 324 g/mol. The standard InChI is InChI=1S/C16H20N2OS.ClH/c1-12(10-14-8-5-9-20-14)18-16(19)15(11-17)13-6-3-2-4-7-13;/h2-9,12,15H,10-11,17H2,1H3,(H,18,19);1H. The van der Waals surface area contributed by atoms with Crippen molar-refractivity contribution in [3.8, 4) is 0 Å². The summed E-state index contributed by atoms with van der Waals surface area (Å²) in [7, 11) is 0. The zero-order valence-corrected chi connectivity index (χ0v) is 13.6. The van der Waals surface area contributed by atoms with Gasteiger partial charge in [-0.05, 0) is 23.9 Å². The molecule has 0 fully saturated rings. The fourth-order valence-corrected chi connectivity index (χ4v) is 3.04. The third-order valence-corrected chi connectivity index (χ3v) is 4.13. The molecule has 2 aromatic rings. The van der Waals surface area contributed by atoms with Crippen LogP contribution in [0, 0.1) is 0 Å². The van der Waals surface area contributed by atoms with Crippen molar-refractivity contribution in [1.29, 1.82) is 0 Å². The molecule has 0 saturated heterocycles. The summed E-state index contributed by atoms with van der Waals surface area (Å²) >= 11 is 1.71. The smallest absolute Gasteiger partial charge is 0.229 e. The average Bonchev–Trinajstić information content (AvgIpc) is 2.93. The molecule has 2 unspecified atom stereocenters. The first-order valence-corrected chi connectivity index (χ1v) is 7.66. The van der Waals surface area contributed by atoms with E-state index in [-0.39, 0.29) is 30.3 Å².